The molecule has 3 nitrogen and oxygen atoms in total. The van der Waals surface area contributed by atoms with E-state index in [1.165, 1.54) is 0 Å². The predicted molar refractivity (Wildman–Crippen MR) is 60.7 cm³/mol. The molecule has 1 saturated heterocycles. The largest absolute Gasteiger partial charge is 0.459 e. The molecule has 0 saturated carbocycles. The molecule has 0 bridgehead atoms. The third-order valence-corrected chi connectivity index (χ3v) is 2.64. The van der Waals surface area contributed by atoms with Crippen molar-refractivity contribution in [3.8, 4) is 0 Å². The molecule has 1 rings (SSSR count). The number of esters is 1. The molecule has 1 aliphatic rings. The van der Waals surface area contributed by atoms with Gasteiger partial charge in [0, 0.05) is 6.04 Å². The van der Waals surface area contributed by atoms with Crippen molar-refractivity contribution >= 4 is 5.97 Å². The van der Waals surface area contributed by atoms with Crippen LogP contribution in [0.25, 0.3) is 0 Å². The van der Waals surface area contributed by atoms with E-state index in [4.69, 9.17) is 4.74 Å². The monoisotopic (exact) mass is 213 g/mol. The fraction of sp³-hybridized carbons (Fsp3) is 0.917. The number of likely N-dealkylation sites (tertiary alicyclic amines) is 1. The second-order valence-corrected chi connectivity index (χ2v) is 5.52. The molecule has 0 radical (unpaired) electrons. The smallest absolute Gasteiger partial charge is 0.323 e. The Balaban J connectivity index is 2.59. The highest BCUT2D eigenvalue weighted by molar-refractivity contribution is 5.76. The van der Waals surface area contributed by atoms with Gasteiger partial charge in [0.15, 0.2) is 0 Å². The summed E-state index contributed by atoms with van der Waals surface area (Å²) in [5.41, 5.74) is -0.373. The first-order chi connectivity index (χ1) is 6.81. The molecule has 1 fully saturated rings. The van der Waals surface area contributed by atoms with Crippen LogP contribution in [0, 0.1) is 0 Å². The number of hydrogen-bond acceptors (Lipinski definition) is 3. The molecule has 1 unspecified atom stereocenters. The van der Waals surface area contributed by atoms with Gasteiger partial charge in [-0.1, -0.05) is 0 Å². The molecule has 1 aliphatic heterocycles. The van der Waals surface area contributed by atoms with Crippen LogP contribution in [-0.2, 0) is 9.53 Å². The van der Waals surface area contributed by atoms with Gasteiger partial charge in [0.1, 0.15) is 11.6 Å². The van der Waals surface area contributed by atoms with Crippen molar-refractivity contribution in [2.45, 2.75) is 65.1 Å². The molecule has 0 spiro atoms. The van der Waals surface area contributed by atoms with Crippen molar-refractivity contribution < 1.29 is 9.53 Å². The average molecular weight is 213 g/mol. The van der Waals surface area contributed by atoms with Gasteiger partial charge >= 0.3 is 5.97 Å². The van der Waals surface area contributed by atoms with Gasteiger partial charge in [0.25, 0.3) is 0 Å². The quantitative estimate of drug-likeness (QED) is 0.659. The van der Waals surface area contributed by atoms with E-state index in [9.17, 15) is 4.79 Å². The standard InChI is InChI=1S/C12H23NO2/c1-9(2)13-8-6-7-10(13)11(14)15-12(3,4)5/h9-10H,6-8H2,1-5H3. The van der Waals surface area contributed by atoms with Gasteiger partial charge < -0.3 is 4.74 Å². The molecule has 0 aromatic carbocycles. The van der Waals surface area contributed by atoms with Crippen molar-refractivity contribution in [2.24, 2.45) is 0 Å². The van der Waals surface area contributed by atoms with E-state index in [1.54, 1.807) is 0 Å². The van der Waals surface area contributed by atoms with Gasteiger partial charge in [-0.15, -0.1) is 0 Å². The lowest BCUT2D eigenvalue weighted by Crippen LogP contribution is -2.43. The Morgan fingerprint density at radius 1 is 1.40 bits per heavy atom. The van der Waals surface area contributed by atoms with Crippen LogP contribution in [0.2, 0.25) is 0 Å². The molecule has 0 aliphatic carbocycles. The predicted octanol–water partition coefficient (Wildman–Crippen LogP) is 2.20. The summed E-state index contributed by atoms with van der Waals surface area (Å²) in [6.45, 7) is 11.0. The van der Waals surface area contributed by atoms with Gasteiger partial charge in [-0.2, -0.15) is 0 Å². The summed E-state index contributed by atoms with van der Waals surface area (Å²) in [5, 5.41) is 0. The zero-order valence-corrected chi connectivity index (χ0v) is 10.5. The second-order valence-electron chi connectivity index (χ2n) is 5.52. The molecule has 0 aromatic heterocycles. The maximum atomic E-state index is 11.9. The molecule has 3 heteroatoms. The maximum absolute atomic E-state index is 11.9. The number of rotatable bonds is 2. The molecule has 1 heterocycles. The molecule has 15 heavy (non-hydrogen) atoms. The average Bonchev–Trinajstić information content (AvgIpc) is 2.47. The number of ether oxygens (including phenoxy) is 1. The number of carbonyl (C=O) groups excluding carboxylic acids is 1. The van der Waals surface area contributed by atoms with Gasteiger partial charge in [-0.25, -0.2) is 0 Å². The van der Waals surface area contributed by atoms with Crippen LogP contribution in [0.4, 0.5) is 0 Å². The van der Waals surface area contributed by atoms with Crippen LogP contribution in [0.5, 0.6) is 0 Å². The van der Waals surface area contributed by atoms with E-state index in [1.807, 2.05) is 20.8 Å². The third-order valence-electron chi connectivity index (χ3n) is 2.64. The van der Waals surface area contributed by atoms with Crippen molar-refractivity contribution in [1.29, 1.82) is 0 Å². The lowest BCUT2D eigenvalue weighted by atomic mass is 10.1. The molecule has 0 aromatic rings. The van der Waals surface area contributed by atoms with Crippen molar-refractivity contribution in [3.63, 3.8) is 0 Å². The summed E-state index contributed by atoms with van der Waals surface area (Å²) >= 11 is 0. The summed E-state index contributed by atoms with van der Waals surface area (Å²) in [5.74, 6) is -0.0614. The molecular formula is C12H23NO2. The van der Waals surface area contributed by atoms with Crippen LogP contribution in [-0.4, -0.2) is 35.1 Å². The number of carbonyl (C=O) groups is 1. The summed E-state index contributed by atoms with van der Waals surface area (Å²) < 4.78 is 5.42. The first-order valence-corrected chi connectivity index (χ1v) is 5.80. The minimum absolute atomic E-state index is 0.0239. The number of nitrogens with zero attached hydrogens (tertiary/aromatic N) is 1. The first-order valence-electron chi connectivity index (χ1n) is 5.80. The van der Waals surface area contributed by atoms with Crippen molar-refractivity contribution in [1.82, 2.24) is 4.90 Å². The summed E-state index contributed by atoms with van der Waals surface area (Å²) in [4.78, 5) is 14.1. The lowest BCUT2D eigenvalue weighted by molar-refractivity contribution is -0.160. The first kappa shape index (κ1) is 12.5. The van der Waals surface area contributed by atoms with E-state index in [-0.39, 0.29) is 17.6 Å². The normalized spacial score (nSPS) is 23.5. The summed E-state index contributed by atoms with van der Waals surface area (Å²) in [6, 6.07) is 0.397. The molecule has 1 atom stereocenters. The molecule has 0 amide bonds. The summed E-state index contributed by atoms with van der Waals surface area (Å²) in [6.07, 6.45) is 2.04. The van der Waals surface area contributed by atoms with Gasteiger partial charge in [0.05, 0.1) is 0 Å². The third kappa shape index (κ3) is 3.49. The zero-order chi connectivity index (χ0) is 11.6. The molecular weight excluding hydrogens is 190 g/mol. The maximum Gasteiger partial charge on any atom is 0.323 e. The minimum atomic E-state index is -0.373. The van der Waals surface area contributed by atoms with E-state index in [0.717, 1.165) is 19.4 Å². The van der Waals surface area contributed by atoms with Crippen molar-refractivity contribution in [3.05, 3.63) is 0 Å². The SMILES string of the molecule is CC(C)N1CCCC1C(=O)OC(C)(C)C. The van der Waals surface area contributed by atoms with Gasteiger partial charge in [-0.3, -0.25) is 9.69 Å². The zero-order valence-electron chi connectivity index (χ0n) is 10.5. The molecule has 88 valence electrons. The highest BCUT2D eigenvalue weighted by Crippen LogP contribution is 2.22. The molecule has 0 N–H and O–H groups in total. The van der Waals surface area contributed by atoms with Gasteiger partial charge in [-0.05, 0) is 54.0 Å². The number of hydrogen-bond donors (Lipinski definition) is 0. The van der Waals surface area contributed by atoms with Crippen molar-refractivity contribution in [2.75, 3.05) is 6.54 Å². The minimum Gasteiger partial charge on any atom is -0.459 e. The van der Waals surface area contributed by atoms with E-state index >= 15 is 0 Å². The van der Waals surface area contributed by atoms with Crippen LogP contribution < -0.4 is 0 Å². The van der Waals surface area contributed by atoms with Gasteiger partial charge in [0.2, 0.25) is 0 Å². The Labute approximate surface area is 92.8 Å². The van der Waals surface area contributed by atoms with E-state index in [2.05, 4.69) is 18.7 Å². The van der Waals surface area contributed by atoms with Crippen LogP contribution in [0.1, 0.15) is 47.5 Å². The van der Waals surface area contributed by atoms with E-state index in [0.29, 0.717) is 6.04 Å². The van der Waals surface area contributed by atoms with Crippen LogP contribution in [0.15, 0.2) is 0 Å². The topological polar surface area (TPSA) is 29.5 Å². The van der Waals surface area contributed by atoms with Crippen LogP contribution >= 0.6 is 0 Å². The Morgan fingerprint density at radius 3 is 2.47 bits per heavy atom. The Hall–Kier alpha value is -0.570. The Bertz CT molecular complexity index is 230. The highest BCUT2D eigenvalue weighted by atomic mass is 16.6. The fourth-order valence-corrected chi connectivity index (χ4v) is 2.03. The summed E-state index contributed by atoms with van der Waals surface area (Å²) in [7, 11) is 0. The second kappa shape index (κ2) is 4.52. The van der Waals surface area contributed by atoms with Crippen LogP contribution in [0.3, 0.4) is 0 Å². The Kier molecular flexibility index (Phi) is 3.77. The van der Waals surface area contributed by atoms with E-state index < -0.39 is 0 Å². The Morgan fingerprint density at radius 2 is 2.00 bits per heavy atom. The lowest BCUT2D eigenvalue weighted by Gasteiger charge is -2.29. The fourth-order valence-electron chi connectivity index (χ4n) is 2.03. The highest BCUT2D eigenvalue weighted by Gasteiger charge is 2.35.